The zero-order valence-corrected chi connectivity index (χ0v) is 18.9. The average Bonchev–Trinajstić information content (AvgIpc) is 3.57. The summed E-state index contributed by atoms with van der Waals surface area (Å²) in [7, 11) is -3.39. The minimum absolute atomic E-state index is 0.254. The Morgan fingerprint density at radius 2 is 1.94 bits per heavy atom. The van der Waals surface area contributed by atoms with E-state index in [9.17, 15) is 13.2 Å². The van der Waals surface area contributed by atoms with Gasteiger partial charge in [-0.2, -0.15) is 0 Å². The van der Waals surface area contributed by atoms with Crippen LogP contribution in [0.1, 0.15) is 42.1 Å². The zero-order valence-electron chi connectivity index (χ0n) is 18.1. The first kappa shape index (κ1) is 23.1. The van der Waals surface area contributed by atoms with Gasteiger partial charge in [-0.15, -0.1) is 0 Å². The van der Waals surface area contributed by atoms with E-state index in [2.05, 4.69) is 28.3 Å². The van der Waals surface area contributed by atoms with Crippen LogP contribution in [-0.2, 0) is 16.6 Å². The normalized spacial score (nSPS) is 14.6. The van der Waals surface area contributed by atoms with Gasteiger partial charge in [-0.25, -0.2) is 8.42 Å². The highest BCUT2D eigenvalue weighted by Gasteiger charge is 2.27. The third kappa shape index (κ3) is 7.88. The summed E-state index contributed by atoms with van der Waals surface area (Å²) in [6.07, 6.45) is 4.36. The molecule has 1 saturated carbocycles. The monoisotopic (exact) mass is 445 g/mol. The fraction of sp³-hybridized carbons (Fsp3) is 0.435. The number of carbonyl (C=O) groups is 1. The molecule has 2 aromatic rings. The molecule has 3 N–H and O–H groups in total. The van der Waals surface area contributed by atoms with Crippen LogP contribution in [-0.4, -0.2) is 39.8 Å². The number of hydrogen-bond acceptors (Lipinski definition) is 5. The molecule has 2 aromatic carbocycles. The Bertz CT molecular complexity index is 990. The lowest BCUT2D eigenvalue weighted by molar-refractivity contribution is 0.0951. The first-order valence-corrected chi connectivity index (χ1v) is 12.5. The molecule has 1 aliphatic carbocycles. The lowest BCUT2D eigenvalue weighted by Gasteiger charge is -2.16. The summed E-state index contributed by atoms with van der Waals surface area (Å²) in [5.74, 6) is 1.42. The second kappa shape index (κ2) is 10.6. The van der Waals surface area contributed by atoms with Crippen LogP contribution >= 0.6 is 0 Å². The molecule has 31 heavy (non-hydrogen) atoms. The van der Waals surface area contributed by atoms with Crippen molar-refractivity contribution in [3.8, 4) is 5.75 Å². The van der Waals surface area contributed by atoms with Crippen molar-refractivity contribution in [3.05, 3.63) is 59.7 Å². The highest BCUT2D eigenvalue weighted by Crippen LogP contribution is 2.32. The van der Waals surface area contributed by atoms with Gasteiger partial charge >= 0.3 is 0 Å². The van der Waals surface area contributed by atoms with Crippen LogP contribution in [0.25, 0.3) is 0 Å². The molecule has 1 fully saturated rings. The third-order valence-corrected chi connectivity index (χ3v) is 5.81. The first-order valence-electron chi connectivity index (χ1n) is 10.6. The smallest absolute Gasteiger partial charge is 0.251 e. The Hall–Kier alpha value is -2.58. The topological polar surface area (TPSA) is 96.5 Å². The average molecular weight is 446 g/mol. The SMILES string of the molecule is CC(NCc1ccccc1OCCCNC(=O)c1cccc(NS(C)(=O)=O)c1)C1CC1. The molecule has 1 unspecified atom stereocenters. The van der Waals surface area contributed by atoms with E-state index in [4.69, 9.17) is 4.74 Å². The van der Waals surface area contributed by atoms with Crippen molar-refractivity contribution in [2.45, 2.75) is 38.8 Å². The minimum atomic E-state index is -3.39. The molecule has 0 aromatic heterocycles. The van der Waals surface area contributed by atoms with Crippen molar-refractivity contribution in [1.29, 1.82) is 0 Å². The van der Waals surface area contributed by atoms with Gasteiger partial charge in [0.15, 0.2) is 0 Å². The van der Waals surface area contributed by atoms with Crippen LogP contribution < -0.4 is 20.1 Å². The van der Waals surface area contributed by atoms with E-state index >= 15 is 0 Å². The Kier molecular flexibility index (Phi) is 7.92. The van der Waals surface area contributed by atoms with E-state index in [1.165, 1.54) is 18.9 Å². The fourth-order valence-corrected chi connectivity index (χ4v) is 3.88. The van der Waals surface area contributed by atoms with Crippen molar-refractivity contribution in [3.63, 3.8) is 0 Å². The van der Waals surface area contributed by atoms with Crippen LogP contribution in [0.15, 0.2) is 48.5 Å². The van der Waals surface area contributed by atoms with Gasteiger partial charge in [-0.05, 0) is 56.4 Å². The highest BCUT2D eigenvalue weighted by molar-refractivity contribution is 7.92. The van der Waals surface area contributed by atoms with Gasteiger partial charge in [0, 0.05) is 35.9 Å². The summed E-state index contributed by atoms with van der Waals surface area (Å²) in [6, 6.07) is 14.9. The molecule has 0 spiro atoms. The van der Waals surface area contributed by atoms with Crippen molar-refractivity contribution in [2.24, 2.45) is 5.92 Å². The standard InChI is InChI=1S/C23H31N3O4S/c1-17(18-11-12-18)25-16-20-7-3-4-10-22(20)30-14-6-13-24-23(27)19-8-5-9-21(15-19)26-31(2,28)29/h3-5,7-10,15,17-18,25-26H,6,11-14,16H2,1-2H3,(H,24,27). The zero-order chi connectivity index (χ0) is 22.3. The summed E-state index contributed by atoms with van der Waals surface area (Å²) in [4.78, 5) is 12.3. The molecule has 3 rings (SSSR count). The molecule has 1 atom stereocenters. The van der Waals surface area contributed by atoms with Crippen LogP contribution in [0.4, 0.5) is 5.69 Å². The fourth-order valence-electron chi connectivity index (χ4n) is 3.32. The molecule has 168 valence electrons. The second-order valence-electron chi connectivity index (χ2n) is 8.03. The number of rotatable bonds is 12. The van der Waals surface area contributed by atoms with Crippen molar-refractivity contribution in [1.82, 2.24) is 10.6 Å². The Labute approximate surface area is 184 Å². The van der Waals surface area contributed by atoms with E-state index in [0.717, 1.165) is 30.0 Å². The molecule has 0 bridgehead atoms. The van der Waals surface area contributed by atoms with Gasteiger partial charge in [0.2, 0.25) is 10.0 Å². The maximum Gasteiger partial charge on any atom is 0.251 e. The Balaban J connectivity index is 1.41. The minimum Gasteiger partial charge on any atom is -0.493 e. The number of ether oxygens (including phenoxy) is 1. The molecule has 1 aliphatic rings. The number of nitrogens with one attached hydrogen (secondary N) is 3. The van der Waals surface area contributed by atoms with E-state index in [0.29, 0.717) is 36.9 Å². The van der Waals surface area contributed by atoms with Gasteiger partial charge in [-0.3, -0.25) is 9.52 Å². The third-order valence-electron chi connectivity index (χ3n) is 5.21. The summed E-state index contributed by atoms with van der Waals surface area (Å²) in [6.45, 7) is 3.96. The van der Waals surface area contributed by atoms with Crippen LogP contribution in [0.3, 0.4) is 0 Å². The lowest BCUT2D eigenvalue weighted by Crippen LogP contribution is -2.27. The summed E-state index contributed by atoms with van der Waals surface area (Å²) >= 11 is 0. The Morgan fingerprint density at radius 3 is 2.68 bits per heavy atom. The number of hydrogen-bond donors (Lipinski definition) is 3. The van der Waals surface area contributed by atoms with E-state index in [-0.39, 0.29) is 5.91 Å². The second-order valence-corrected chi connectivity index (χ2v) is 9.78. The van der Waals surface area contributed by atoms with Gasteiger partial charge in [0.1, 0.15) is 5.75 Å². The molecule has 8 heteroatoms. The predicted octanol–water partition coefficient (Wildman–Crippen LogP) is 3.15. The largest absolute Gasteiger partial charge is 0.493 e. The van der Waals surface area contributed by atoms with Gasteiger partial charge in [0.05, 0.1) is 12.9 Å². The van der Waals surface area contributed by atoms with E-state index in [1.54, 1.807) is 18.2 Å². The van der Waals surface area contributed by atoms with Gasteiger partial charge in [0.25, 0.3) is 5.91 Å². The van der Waals surface area contributed by atoms with Crippen molar-refractivity contribution >= 4 is 21.6 Å². The number of para-hydroxylation sites is 1. The van der Waals surface area contributed by atoms with Crippen LogP contribution in [0.5, 0.6) is 5.75 Å². The number of sulfonamides is 1. The van der Waals surface area contributed by atoms with Crippen LogP contribution in [0, 0.1) is 5.92 Å². The Morgan fingerprint density at radius 1 is 1.16 bits per heavy atom. The lowest BCUT2D eigenvalue weighted by atomic mass is 10.1. The first-order chi connectivity index (χ1) is 14.8. The van der Waals surface area contributed by atoms with E-state index < -0.39 is 10.0 Å². The molecule has 0 radical (unpaired) electrons. The summed E-state index contributed by atoms with van der Waals surface area (Å²) in [5.41, 5.74) is 1.89. The summed E-state index contributed by atoms with van der Waals surface area (Å²) in [5, 5.41) is 6.42. The number of amides is 1. The van der Waals surface area contributed by atoms with E-state index in [1.807, 2.05) is 18.2 Å². The van der Waals surface area contributed by atoms with Crippen LogP contribution in [0.2, 0.25) is 0 Å². The predicted molar refractivity (Wildman–Crippen MR) is 123 cm³/mol. The maximum absolute atomic E-state index is 12.3. The number of carbonyl (C=O) groups excluding carboxylic acids is 1. The number of anilines is 1. The molecule has 0 saturated heterocycles. The van der Waals surface area contributed by atoms with Crippen molar-refractivity contribution < 1.29 is 17.9 Å². The highest BCUT2D eigenvalue weighted by atomic mass is 32.2. The van der Waals surface area contributed by atoms with Gasteiger partial charge in [-0.1, -0.05) is 24.3 Å². The molecule has 0 aliphatic heterocycles. The quantitative estimate of drug-likeness (QED) is 0.436. The molecule has 1 amide bonds. The van der Waals surface area contributed by atoms with Crippen molar-refractivity contribution in [2.75, 3.05) is 24.1 Å². The maximum atomic E-state index is 12.3. The number of benzene rings is 2. The molecule has 0 heterocycles. The summed E-state index contributed by atoms with van der Waals surface area (Å²) < 4.78 is 31.0. The molecular weight excluding hydrogens is 414 g/mol. The molecular formula is C23H31N3O4S. The molecule has 7 nitrogen and oxygen atoms in total. The van der Waals surface area contributed by atoms with Gasteiger partial charge < -0.3 is 15.4 Å².